The molecule has 0 aromatic heterocycles. The van der Waals surface area contributed by atoms with Crippen LogP contribution in [0.2, 0.25) is 0 Å². The van der Waals surface area contributed by atoms with Crippen LogP contribution in [0.5, 0.6) is 0 Å². The quantitative estimate of drug-likeness (QED) is 0.557. The highest BCUT2D eigenvalue weighted by Gasteiger charge is 2.33. The smallest absolute Gasteiger partial charge is 0.408 e. The SMILES string of the molecule is C=CC[C@H](CO)[C@H](NC(=O)OCc1ccccc1)C(=O)OC(C)(C)C. The molecule has 0 saturated carbocycles. The monoisotopic (exact) mass is 349 g/mol. The Morgan fingerprint density at radius 3 is 2.44 bits per heavy atom. The van der Waals surface area contributed by atoms with E-state index in [0.29, 0.717) is 6.42 Å². The molecule has 1 aromatic rings. The highest BCUT2D eigenvalue weighted by molar-refractivity contribution is 5.82. The van der Waals surface area contributed by atoms with E-state index in [2.05, 4.69) is 11.9 Å². The van der Waals surface area contributed by atoms with Gasteiger partial charge in [0.15, 0.2) is 0 Å². The number of alkyl carbamates (subject to hydrolysis) is 1. The van der Waals surface area contributed by atoms with Gasteiger partial charge in [-0.25, -0.2) is 9.59 Å². The van der Waals surface area contributed by atoms with E-state index in [-0.39, 0.29) is 13.2 Å². The van der Waals surface area contributed by atoms with Gasteiger partial charge in [0.25, 0.3) is 0 Å². The third kappa shape index (κ3) is 7.85. The van der Waals surface area contributed by atoms with Crippen LogP contribution < -0.4 is 5.32 Å². The van der Waals surface area contributed by atoms with Crippen molar-refractivity contribution in [1.29, 1.82) is 0 Å². The normalized spacial score (nSPS) is 13.4. The third-order valence-corrected chi connectivity index (χ3v) is 3.32. The predicted molar refractivity (Wildman–Crippen MR) is 94.8 cm³/mol. The Balaban J connectivity index is 2.75. The zero-order chi connectivity index (χ0) is 18.9. The molecule has 0 bridgehead atoms. The van der Waals surface area contributed by atoms with Gasteiger partial charge in [0, 0.05) is 12.5 Å². The van der Waals surface area contributed by atoms with Crippen molar-refractivity contribution in [2.45, 2.75) is 45.4 Å². The first kappa shape index (κ1) is 20.7. The first-order valence-electron chi connectivity index (χ1n) is 8.18. The van der Waals surface area contributed by atoms with E-state index in [1.165, 1.54) is 0 Å². The molecular formula is C19H27NO5. The number of carbonyl (C=O) groups excluding carboxylic acids is 2. The van der Waals surface area contributed by atoms with Crippen molar-refractivity contribution in [2.75, 3.05) is 6.61 Å². The average Bonchev–Trinajstić information content (AvgIpc) is 2.55. The van der Waals surface area contributed by atoms with E-state index in [1.54, 1.807) is 26.8 Å². The van der Waals surface area contributed by atoms with Gasteiger partial charge < -0.3 is 19.9 Å². The molecule has 0 aliphatic heterocycles. The Labute approximate surface area is 148 Å². The van der Waals surface area contributed by atoms with E-state index < -0.39 is 29.6 Å². The van der Waals surface area contributed by atoms with Crippen LogP contribution in [0.3, 0.4) is 0 Å². The second-order valence-electron chi connectivity index (χ2n) is 6.68. The van der Waals surface area contributed by atoms with Crippen LogP contribution >= 0.6 is 0 Å². The zero-order valence-corrected chi connectivity index (χ0v) is 15.0. The summed E-state index contributed by atoms with van der Waals surface area (Å²) >= 11 is 0. The molecule has 0 heterocycles. The lowest BCUT2D eigenvalue weighted by Crippen LogP contribution is -2.49. The Morgan fingerprint density at radius 1 is 1.28 bits per heavy atom. The number of benzene rings is 1. The molecule has 6 nitrogen and oxygen atoms in total. The average molecular weight is 349 g/mol. The van der Waals surface area contributed by atoms with Gasteiger partial charge in [-0.05, 0) is 32.8 Å². The Hall–Kier alpha value is -2.34. The summed E-state index contributed by atoms with van der Waals surface area (Å²) in [6.45, 7) is 8.60. The van der Waals surface area contributed by atoms with E-state index in [4.69, 9.17) is 9.47 Å². The number of hydrogen-bond donors (Lipinski definition) is 2. The van der Waals surface area contributed by atoms with Crippen LogP contribution in [0.1, 0.15) is 32.8 Å². The van der Waals surface area contributed by atoms with Crippen LogP contribution in [0.4, 0.5) is 4.79 Å². The number of carbonyl (C=O) groups is 2. The summed E-state index contributed by atoms with van der Waals surface area (Å²) in [5, 5.41) is 12.0. The van der Waals surface area contributed by atoms with Crippen molar-refractivity contribution in [2.24, 2.45) is 5.92 Å². The van der Waals surface area contributed by atoms with Crippen molar-refractivity contribution in [3.63, 3.8) is 0 Å². The Bertz CT molecular complexity index is 565. The minimum Gasteiger partial charge on any atom is -0.458 e. The molecule has 25 heavy (non-hydrogen) atoms. The van der Waals surface area contributed by atoms with Crippen LogP contribution in [0, 0.1) is 5.92 Å². The molecule has 138 valence electrons. The number of amides is 1. The van der Waals surface area contributed by atoms with Crippen LogP contribution in [-0.2, 0) is 20.9 Å². The van der Waals surface area contributed by atoms with Gasteiger partial charge in [-0.2, -0.15) is 0 Å². The maximum atomic E-state index is 12.4. The fourth-order valence-corrected chi connectivity index (χ4v) is 2.16. The number of nitrogens with one attached hydrogen (secondary N) is 1. The Morgan fingerprint density at radius 2 is 1.92 bits per heavy atom. The molecule has 2 atom stereocenters. The summed E-state index contributed by atoms with van der Waals surface area (Å²) in [6.07, 6.45) is 1.18. The molecule has 0 spiro atoms. The van der Waals surface area contributed by atoms with Gasteiger partial charge >= 0.3 is 12.1 Å². The van der Waals surface area contributed by atoms with E-state index in [1.807, 2.05) is 30.3 Å². The molecular weight excluding hydrogens is 322 g/mol. The number of esters is 1. The highest BCUT2D eigenvalue weighted by atomic mass is 16.6. The molecule has 0 radical (unpaired) electrons. The maximum Gasteiger partial charge on any atom is 0.408 e. The third-order valence-electron chi connectivity index (χ3n) is 3.32. The van der Waals surface area contributed by atoms with Gasteiger partial charge in [0.05, 0.1) is 0 Å². The number of aliphatic hydroxyl groups excluding tert-OH is 1. The van der Waals surface area contributed by atoms with Gasteiger partial charge in [-0.3, -0.25) is 0 Å². The number of aliphatic hydroxyl groups is 1. The molecule has 1 rings (SSSR count). The van der Waals surface area contributed by atoms with Crippen LogP contribution in [-0.4, -0.2) is 35.4 Å². The van der Waals surface area contributed by atoms with Crippen LogP contribution in [0.15, 0.2) is 43.0 Å². The molecule has 1 amide bonds. The van der Waals surface area contributed by atoms with Crippen molar-refractivity contribution >= 4 is 12.1 Å². The summed E-state index contributed by atoms with van der Waals surface area (Å²) in [4.78, 5) is 24.5. The lowest BCUT2D eigenvalue weighted by Gasteiger charge is -2.28. The fourth-order valence-electron chi connectivity index (χ4n) is 2.16. The molecule has 0 aliphatic rings. The summed E-state index contributed by atoms with van der Waals surface area (Å²) in [6, 6.07) is 8.17. The molecule has 0 fully saturated rings. The van der Waals surface area contributed by atoms with Gasteiger partial charge in [-0.1, -0.05) is 36.4 Å². The molecule has 1 aromatic carbocycles. The van der Waals surface area contributed by atoms with E-state index in [0.717, 1.165) is 5.56 Å². The minimum absolute atomic E-state index is 0.0823. The highest BCUT2D eigenvalue weighted by Crippen LogP contribution is 2.16. The van der Waals surface area contributed by atoms with Gasteiger partial charge in [-0.15, -0.1) is 6.58 Å². The van der Waals surface area contributed by atoms with Gasteiger partial charge in [0.2, 0.25) is 0 Å². The van der Waals surface area contributed by atoms with E-state index in [9.17, 15) is 14.7 Å². The zero-order valence-electron chi connectivity index (χ0n) is 15.0. The molecule has 0 unspecified atom stereocenters. The summed E-state index contributed by atoms with van der Waals surface area (Å²) < 4.78 is 10.5. The van der Waals surface area contributed by atoms with Crippen molar-refractivity contribution in [3.8, 4) is 0 Å². The fraction of sp³-hybridized carbons (Fsp3) is 0.474. The minimum atomic E-state index is -1.02. The second-order valence-corrected chi connectivity index (χ2v) is 6.68. The number of ether oxygens (including phenoxy) is 2. The molecule has 0 aliphatic carbocycles. The first-order valence-corrected chi connectivity index (χ1v) is 8.18. The van der Waals surface area contributed by atoms with E-state index >= 15 is 0 Å². The largest absolute Gasteiger partial charge is 0.458 e. The van der Waals surface area contributed by atoms with Crippen molar-refractivity contribution in [1.82, 2.24) is 5.32 Å². The summed E-state index contributed by atoms with van der Waals surface area (Å²) in [7, 11) is 0. The van der Waals surface area contributed by atoms with Gasteiger partial charge in [0.1, 0.15) is 18.2 Å². The lowest BCUT2D eigenvalue weighted by atomic mass is 9.97. The van der Waals surface area contributed by atoms with Crippen molar-refractivity contribution in [3.05, 3.63) is 48.6 Å². The first-order chi connectivity index (χ1) is 11.8. The predicted octanol–water partition coefficient (Wildman–Crippen LogP) is 2.81. The summed E-state index contributed by atoms with van der Waals surface area (Å²) in [5.41, 5.74) is 0.121. The lowest BCUT2D eigenvalue weighted by molar-refractivity contribution is -0.159. The number of rotatable bonds is 8. The molecule has 0 saturated heterocycles. The molecule has 6 heteroatoms. The number of hydrogen-bond acceptors (Lipinski definition) is 5. The second kappa shape index (κ2) is 9.84. The Kier molecular flexibility index (Phi) is 8.15. The van der Waals surface area contributed by atoms with Crippen molar-refractivity contribution < 1.29 is 24.2 Å². The maximum absolute atomic E-state index is 12.4. The summed E-state index contributed by atoms with van der Waals surface area (Å²) in [5.74, 6) is -1.17. The van der Waals surface area contributed by atoms with Crippen LogP contribution in [0.25, 0.3) is 0 Å². The molecule has 2 N–H and O–H groups in total. The number of allylic oxidation sites excluding steroid dienone is 1. The topological polar surface area (TPSA) is 84.9 Å². The standard InChI is InChI=1S/C19H27NO5/c1-5-9-15(12-21)16(17(22)25-19(2,3)4)20-18(23)24-13-14-10-7-6-8-11-14/h5-8,10-11,15-16,21H,1,9,12-13H2,2-4H3,(H,20,23)/t15-,16+/m1/s1.